The lowest BCUT2D eigenvalue weighted by Crippen LogP contribution is -2.48. The summed E-state index contributed by atoms with van der Waals surface area (Å²) in [6.07, 6.45) is 0. The van der Waals surface area contributed by atoms with Crippen molar-refractivity contribution in [3.05, 3.63) is 59.9 Å². The van der Waals surface area contributed by atoms with Crippen LogP contribution in [-0.4, -0.2) is 65.5 Å². The maximum Gasteiger partial charge on any atom is 0.173 e. The SMILES string of the molecule is COc1ccc([C@@H](c2nnnn2C(C)(C)C)N2CCN(c3ccccc3OC)CC2)cc1. The normalized spacial score (nSPS) is 16.1. The maximum absolute atomic E-state index is 5.58. The van der Waals surface area contributed by atoms with Gasteiger partial charge < -0.3 is 14.4 Å². The third-order valence-corrected chi connectivity index (χ3v) is 5.91. The highest BCUT2D eigenvalue weighted by Gasteiger charge is 2.33. The highest BCUT2D eigenvalue weighted by Crippen LogP contribution is 2.33. The standard InChI is InChI=1S/C24H32N6O2/c1-24(2,3)30-23(25-26-27-30)22(18-10-12-19(31-4)13-11-18)29-16-14-28(15-17-29)20-8-6-7-9-21(20)32-5/h6-13,22H,14-17H2,1-5H3/t22-/m0/s1. The van der Waals surface area contributed by atoms with Crippen LogP contribution in [0.15, 0.2) is 48.5 Å². The van der Waals surface area contributed by atoms with E-state index in [0.717, 1.165) is 54.8 Å². The molecule has 2 aromatic carbocycles. The van der Waals surface area contributed by atoms with Crippen molar-refractivity contribution in [2.24, 2.45) is 0 Å². The summed E-state index contributed by atoms with van der Waals surface area (Å²) in [7, 11) is 3.41. The molecule has 0 saturated carbocycles. The van der Waals surface area contributed by atoms with Crippen LogP contribution in [0.1, 0.15) is 38.2 Å². The molecule has 0 unspecified atom stereocenters. The lowest BCUT2D eigenvalue weighted by Gasteiger charge is -2.40. The Hall–Kier alpha value is -3.13. The lowest BCUT2D eigenvalue weighted by molar-refractivity contribution is 0.191. The maximum atomic E-state index is 5.58. The van der Waals surface area contributed by atoms with E-state index >= 15 is 0 Å². The molecule has 8 heteroatoms. The van der Waals surface area contributed by atoms with Gasteiger partial charge in [0.05, 0.1) is 31.5 Å². The molecule has 8 nitrogen and oxygen atoms in total. The highest BCUT2D eigenvalue weighted by atomic mass is 16.5. The summed E-state index contributed by atoms with van der Waals surface area (Å²) in [6, 6.07) is 16.4. The number of tetrazole rings is 1. The Kier molecular flexibility index (Phi) is 6.32. The third-order valence-electron chi connectivity index (χ3n) is 5.91. The van der Waals surface area contributed by atoms with Gasteiger partial charge in [-0.3, -0.25) is 4.90 Å². The van der Waals surface area contributed by atoms with E-state index in [0.29, 0.717) is 0 Å². The molecule has 0 bridgehead atoms. The van der Waals surface area contributed by atoms with Gasteiger partial charge in [-0.1, -0.05) is 24.3 Å². The van der Waals surface area contributed by atoms with E-state index in [4.69, 9.17) is 9.47 Å². The van der Waals surface area contributed by atoms with Crippen LogP contribution >= 0.6 is 0 Å². The minimum absolute atomic E-state index is 0.0463. The van der Waals surface area contributed by atoms with E-state index in [1.54, 1.807) is 14.2 Å². The predicted octanol–water partition coefficient (Wildman–Crippen LogP) is 3.36. The first kappa shape index (κ1) is 22.1. The number of nitrogens with zero attached hydrogens (tertiary/aromatic N) is 6. The number of piperazine rings is 1. The summed E-state index contributed by atoms with van der Waals surface area (Å²) in [5.41, 5.74) is 2.06. The van der Waals surface area contributed by atoms with Gasteiger partial charge in [0.25, 0.3) is 0 Å². The van der Waals surface area contributed by atoms with Crippen LogP contribution in [0.25, 0.3) is 0 Å². The predicted molar refractivity (Wildman–Crippen MR) is 124 cm³/mol. The molecule has 1 atom stereocenters. The van der Waals surface area contributed by atoms with Crippen LogP contribution in [0, 0.1) is 0 Å². The summed E-state index contributed by atoms with van der Waals surface area (Å²) >= 11 is 0. The Balaban J connectivity index is 1.64. The van der Waals surface area contributed by atoms with Crippen molar-refractivity contribution in [2.45, 2.75) is 32.4 Å². The molecule has 170 valence electrons. The van der Waals surface area contributed by atoms with E-state index < -0.39 is 0 Å². The Labute approximate surface area is 189 Å². The number of benzene rings is 2. The largest absolute Gasteiger partial charge is 0.497 e. The molecular weight excluding hydrogens is 404 g/mol. The zero-order valence-electron chi connectivity index (χ0n) is 19.5. The molecule has 4 rings (SSSR count). The van der Waals surface area contributed by atoms with Crippen molar-refractivity contribution in [1.29, 1.82) is 0 Å². The van der Waals surface area contributed by atoms with Gasteiger partial charge >= 0.3 is 0 Å². The van der Waals surface area contributed by atoms with E-state index in [9.17, 15) is 0 Å². The molecule has 1 fully saturated rings. The van der Waals surface area contributed by atoms with E-state index in [-0.39, 0.29) is 11.6 Å². The zero-order chi connectivity index (χ0) is 22.7. The Morgan fingerprint density at radius 1 is 0.875 bits per heavy atom. The van der Waals surface area contributed by atoms with Crippen LogP contribution in [0.3, 0.4) is 0 Å². The first-order valence-electron chi connectivity index (χ1n) is 11.0. The van der Waals surface area contributed by atoms with Crippen molar-refractivity contribution in [1.82, 2.24) is 25.1 Å². The number of hydrogen-bond acceptors (Lipinski definition) is 7. The molecule has 0 N–H and O–H groups in total. The molecule has 3 aromatic rings. The number of anilines is 1. The van der Waals surface area contributed by atoms with Gasteiger partial charge in [0, 0.05) is 26.2 Å². The molecular formula is C24H32N6O2. The molecule has 1 aliphatic heterocycles. The van der Waals surface area contributed by atoms with Crippen LogP contribution < -0.4 is 14.4 Å². The number of para-hydroxylation sites is 2. The van der Waals surface area contributed by atoms with Gasteiger partial charge in [0.2, 0.25) is 0 Å². The molecule has 1 aliphatic rings. The number of rotatable bonds is 6. The topological polar surface area (TPSA) is 68.5 Å². The molecule has 2 heterocycles. The Bertz CT molecular complexity index is 1020. The molecule has 0 amide bonds. The first-order chi connectivity index (χ1) is 15.4. The fraction of sp³-hybridized carbons (Fsp3) is 0.458. The van der Waals surface area contributed by atoms with E-state index in [2.05, 4.69) is 70.4 Å². The molecule has 1 aromatic heterocycles. The van der Waals surface area contributed by atoms with Gasteiger partial charge in [0.15, 0.2) is 5.82 Å². The van der Waals surface area contributed by atoms with Crippen LogP contribution in [-0.2, 0) is 5.54 Å². The zero-order valence-corrected chi connectivity index (χ0v) is 19.5. The second kappa shape index (κ2) is 9.16. The third kappa shape index (κ3) is 4.41. The molecule has 0 spiro atoms. The number of ether oxygens (including phenoxy) is 2. The lowest BCUT2D eigenvalue weighted by atomic mass is 10.0. The smallest absolute Gasteiger partial charge is 0.173 e. The summed E-state index contributed by atoms with van der Waals surface area (Å²) in [6.45, 7) is 9.92. The molecule has 0 aliphatic carbocycles. The van der Waals surface area contributed by atoms with Gasteiger partial charge in [-0.2, -0.15) is 0 Å². The first-order valence-corrected chi connectivity index (χ1v) is 11.0. The number of hydrogen-bond donors (Lipinski definition) is 0. The number of methoxy groups -OCH3 is 2. The average molecular weight is 437 g/mol. The molecule has 32 heavy (non-hydrogen) atoms. The summed E-state index contributed by atoms with van der Waals surface area (Å²) in [5, 5.41) is 12.8. The summed E-state index contributed by atoms with van der Waals surface area (Å²) in [4.78, 5) is 4.84. The van der Waals surface area contributed by atoms with Crippen molar-refractivity contribution >= 4 is 5.69 Å². The van der Waals surface area contributed by atoms with Gasteiger partial charge in [-0.25, -0.2) is 4.68 Å². The fourth-order valence-electron chi connectivity index (χ4n) is 4.26. The molecule has 0 radical (unpaired) electrons. The van der Waals surface area contributed by atoms with E-state index in [1.165, 1.54) is 0 Å². The van der Waals surface area contributed by atoms with Crippen molar-refractivity contribution in [3.63, 3.8) is 0 Å². The quantitative estimate of drug-likeness (QED) is 0.587. The van der Waals surface area contributed by atoms with Gasteiger partial charge in [0.1, 0.15) is 11.5 Å². The second-order valence-electron chi connectivity index (χ2n) is 8.99. The van der Waals surface area contributed by atoms with Gasteiger partial charge in [-0.05, 0) is 61.0 Å². The second-order valence-corrected chi connectivity index (χ2v) is 8.99. The fourth-order valence-corrected chi connectivity index (χ4v) is 4.26. The van der Waals surface area contributed by atoms with Gasteiger partial charge in [-0.15, -0.1) is 5.10 Å². The minimum atomic E-state index is -0.219. The Morgan fingerprint density at radius 2 is 1.56 bits per heavy atom. The van der Waals surface area contributed by atoms with Crippen LogP contribution in [0.4, 0.5) is 5.69 Å². The molecule has 1 saturated heterocycles. The highest BCUT2D eigenvalue weighted by molar-refractivity contribution is 5.58. The van der Waals surface area contributed by atoms with Crippen molar-refractivity contribution < 1.29 is 9.47 Å². The summed E-state index contributed by atoms with van der Waals surface area (Å²) < 4.78 is 12.9. The van der Waals surface area contributed by atoms with E-state index in [1.807, 2.05) is 28.9 Å². The Morgan fingerprint density at radius 3 is 2.19 bits per heavy atom. The van der Waals surface area contributed by atoms with Crippen molar-refractivity contribution in [2.75, 3.05) is 45.3 Å². The number of aromatic nitrogens is 4. The summed E-state index contributed by atoms with van der Waals surface area (Å²) in [5.74, 6) is 2.60. The monoisotopic (exact) mass is 436 g/mol. The van der Waals surface area contributed by atoms with Crippen LogP contribution in [0.5, 0.6) is 11.5 Å². The minimum Gasteiger partial charge on any atom is -0.497 e. The average Bonchev–Trinajstić information content (AvgIpc) is 3.30. The van der Waals surface area contributed by atoms with Crippen molar-refractivity contribution in [3.8, 4) is 11.5 Å². The van der Waals surface area contributed by atoms with Crippen LogP contribution in [0.2, 0.25) is 0 Å².